The molecule has 102 valence electrons. The highest BCUT2D eigenvalue weighted by atomic mass is 19.1. The molecule has 19 heavy (non-hydrogen) atoms. The predicted octanol–water partition coefficient (Wildman–Crippen LogP) is 2.19. The van der Waals surface area contributed by atoms with E-state index in [1.54, 1.807) is 12.3 Å². The van der Waals surface area contributed by atoms with Gasteiger partial charge in [0, 0.05) is 18.9 Å². The first kappa shape index (κ1) is 13.5. The molecule has 1 N–H and O–H groups in total. The van der Waals surface area contributed by atoms with Crippen molar-refractivity contribution in [3.63, 3.8) is 0 Å². The van der Waals surface area contributed by atoms with Crippen LogP contribution in [0.1, 0.15) is 18.3 Å². The fourth-order valence-electron chi connectivity index (χ4n) is 1.89. The number of aromatic nitrogens is 2. The van der Waals surface area contributed by atoms with Crippen LogP contribution in [0.3, 0.4) is 0 Å². The Morgan fingerprint density at radius 3 is 2.95 bits per heavy atom. The number of hydrogen-bond donors (Lipinski definition) is 1. The summed E-state index contributed by atoms with van der Waals surface area (Å²) in [6.45, 7) is 4.25. The highest BCUT2D eigenvalue weighted by Crippen LogP contribution is 2.18. The quantitative estimate of drug-likeness (QED) is 0.868. The van der Waals surface area contributed by atoms with Gasteiger partial charge in [-0.05, 0) is 24.2 Å². The van der Waals surface area contributed by atoms with Crippen LogP contribution in [-0.4, -0.2) is 23.2 Å². The van der Waals surface area contributed by atoms with Gasteiger partial charge in [0.05, 0.1) is 13.7 Å². The van der Waals surface area contributed by atoms with Gasteiger partial charge in [0.1, 0.15) is 5.82 Å². The lowest BCUT2D eigenvalue weighted by molar-refractivity contribution is 0.386. The fraction of sp³-hybridized carbons (Fsp3) is 0.357. The Morgan fingerprint density at radius 1 is 1.42 bits per heavy atom. The molecule has 0 fully saturated rings. The van der Waals surface area contributed by atoms with E-state index in [0.717, 1.165) is 17.9 Å². The van der Waals surface area contributed by atoms with Gasteiger partial charge < -0.3 is 14.6 Å². The van der Waals surface area contributed by atoms with Crippen LogP contribution in [0.5, 0.6) is 5.75 Å². The Bertz CT molecular complexity index is 539. The largest absolute Gasteiger partial charge is 0.494 e. The monoisotopic (exact) mass is 263 g/mol. The van der Waals surface area contributed by atoms with Crippen molar-refractivity contribution in [2.24, 2.45) is 0 Å². The van der Waals surface area contributed by atoms with Gasteiger partial charge in [-0.2, -0.15) is 0 Å². The van der Waals surface area contributed by atoms with E-state index < -0.39 is 0 Å². The zero-order valence-electron chi connectivity index (χ0n) is 11.2. The van der Waals surface area contributed by atoms with Gasteiger partial charge in [-0.25, -0.2) is 9.37 Å². The summed E-state index contributed by atoms with van der Waals surface area (Å²) in [5.74, 6) is 0.869. The van der Waals surface area contributed by atoms with Crippen molar-refractivity contribution in [2.45, 2.75) is 20.0 Å². The van der Waals surface area contributed by atoms with Crippen molar-refractivity contribution >= 4 is 0 Å². The molecule has 0 unspecified atom stereocenters. The molecule has 0 radical (unpaired) electrons. The summed E-state index contributed by atoms with van der Waals surface area (Å²) in [5.41, 5.74) is 0.883. The maximum atomic E-state index is 13.6. The first-order valence-electron chi connectivity index (χ1n) is 6.27. The van der Waals surface area contributed by atoms with Crippen LogP contribution < -0.4 is 10.1 Å². The van der Waals surface area contributed by atoms with Crippen molar-refractivity contribution in [1.82, 2.24) is 14.9 Å². The van der Waals surface area contributed by atoms with E-state index in [1.807, 2.05) is 23.8 Å². The number of nitrogens with zero attached hydrogens (tertiary/aromatic N) is 2. The number of ether oxygens (including phenoxy) is 1. The number of methoxy groups -OCH3 is 1. The summed E-state index contributed by atoms with van der Waals surface area (Å²) in [4.78, 5) is 4.29. The fourth-order valence-corrected chi connectivity index (χ4v) is 1.89. The van der Waals surface area contributed by atoms with Gasteiger partial charge in [-0.1, -0.05) is 13.0 Å². The van der Waals surface area contributed by atoms with Crippen molar-refractivity contribution < 1.29 is 9.13 Å². The maximum Gasteiger partial charge on any atom is 0.165 e. The van der Waals surface area contributed by atoms with E-state index in [1.165, 1.54) is 13.2 Å². The molecule has 0 saturated heterocycles. The molecule has 1 heterocycles. The molecule has 0 spiro atoms. The molecule has 4 nitrogen and oxygen atoms in total. The zero-order chi connectivity index (χ0) is 13.7. The molecule has 0 aliphatic rings. The minimum atomic E-state index is -0.339. The van der Waals surface area contributed by atoms with Crippen molar-refractivity contribution in [3.05, 3.63) is 47.8 Å². The SMILES string of the molecule is CCNCc1nccn1Cc1ccc(OC)c(F)c1. The van der Waals surface area contributed by atoms with Crippen LogP contribution in [0.4, 0.5) is 4.39 Å². The Hall–Kier alpha value is -1.88. The summed E-state index contributed by atoms with van der Waals surface area (Å²) in [6.07, 6.45) is 3.65. The first-order chi connectivity index (χ1) is 9.24. The molecule has 0 amide bonds. The van der Waals surface area contributed by atoms with Gasteiger partial charge in [-0.3, -0.25) is 0 Å². The molecule has 1 aromatic carbocycles. The second-order valence-electron chi connectivity index (χ2n) is 4.22. The average Bonchev–Trinajstić information content (AvgIpc) is 2.84. The van der Waals surface area contributed by atoms with Crippen molar-refractivity contribution in [1.29, 1.82) is 0 Å². The number of imidazole rings is 1. The number of halogens is 1. The summed E-state index contributed by atoms with van der Waals surface area (Å²) in [7, 11) is 1.46. The molecule has 0 aliphatic heterocycles. The summed E-state index contributed by atoms with van der Waals surface area (Å²) in [6, 6.07) is 5.00. The molecule has 0 atom stereocenters. The van der Waals surface area contributed by atoms with Crippen LogP contribution in [0, 0.1) is 5.82 Å². The van der Waals surface area contributed by atoms with Crippen LogP contribution in [0.15, 0.2) is 30.6 Å². The first-order valence-corrected chi connectivity index (χ1v) is 6.27. The number of nitrogens with one attached hydrogen (secondary N) is 1. The van der Waals surface area contributed by atoms with E-state index in [4.69, 9.17) is 4.74 Å². The topological polar surface area (TPSA) is 39.1 Å². The van der Waals surface area contributed by atoms with Gasteiger partial charge >= 0.3 is 0 Å². The molecule has 1 aromatic heterocycles. The van der Waals surface area contributed by atoms with Gasteiger partial charge in [0.15, 0.2) is 11.6 Å². The van der Waals surface area contributed by atoms with Gasteiger partial charge in [0.25, 0.3) is 0 Å². The molecule has 0 aliphatic carbocycles. The van der Waals surface area contributed by atoms with Crippen molar-refractivity contribution in [2.75, 3.05) is 13.7 Å². The Balaban J connectivity index is 2.12. The lowest BCUT2D eigenvalue weighted by Crippen LogP contribution is -2.16. The number of benzene rings is 1. The Labute approximate surface area is 112 Å². The highest BCUT2D eigenvalue weighted by molar-refractivity contribution is 5.29. The maximum absolute atomic E-state index is 13.6. The van der Waals surface area contributed by atoms with E-state index in [0.29, 0.717) is 13.1 Å². The van der Waals surface area contributed by atoms with Crippen molar-refractivity contribution in [3.8, 4) is 5.75 Å². The molecule has 0 bridgehead atoms. The van der Waals surface area contributed by atoms with Crippen LogP contribution in [0.2, 0.25) is 0 Å². The third-order valence-electron chi connectivity index (χ3n) is 2.90. The molecule has 2 aromatic rings. The summed E-state index contributed by atoms with van der Waals surface area (Å²) >= 11 is 0. The van der Waals surface area contributed by atoms with E-state index in [9.17, 15) is 4.39 Å². The zero-order valence-corrected chi connectivity index (χ0v) is 11.2. The Morgan fingerprint density at radius 2 is 2.26 bits per heavy atom. The van der Waals surface area contributed by atoms with Crippen LogP contribution >= 0.6 is 0 Å². The minimum Gasteiger partial charge on any atom is -0.494 e. The number of rotatable bonds is 6. The van der Waals surface area contributed by atoms with E-state index >= 15 is 0 Å². The van der Waals surface area contributed by atoms with Gasteiger partial charge in [0.2, 0.25) is 0 Å². The standard InChI is InChI=1S/C14H18FN3O/c1-3-16-9-14-17-6-7-18(14)10-11-4-5-13(19-2)12(15)8-11/h4-8,16H,3,9-10H2,1-2H3. The third kappa shape index (κ3) is 3.32. The molecule has 5 heteroatoms. The average molecular weight is 263 g/mol. The van der Waals surface area contributed by atoms with E-state index in [2.05, 4.69) is 10.3 Å². The number of hydrogen-bond acceptors (Lipinski definition) is 3. The van der Waals surface area contributed by atoms with Crippen LogP contribution in [-0.2, 0) is 13.1 Å². The minimum absolute atomic E-state index is 0.266. The second kappa shape index (κ2) is 6.33. The third-order valence-corrected chi connectivity index (χ3v) is 2.90. The molecular formula is C14H18FN3O. The summed E-state index contributed by atoms with van der Waals surface area (Å²) < 4.78 is 20.5. The normalized spacial score (nSPS) is 10.7. The smallest absolute Gasteiger partial charge is 0.165 e. The lowest BCUT2D eigenvalue weighted by atomic mass is 10.2. The molecular weight excluding hydrogens is 245 g/mol. The Kier molecular flexibility index (Phi) is 4.52. The second-order valence-corrected chi connectivity index (χ2v) is 4.22. The summed E-state index contributed by atoms with van der Waals surface area (Å²) in [5, 5.41) is 3.23. The molecule has 0 saturated carbocycles. The lowest BCUT2D eigenvalue weighted by Gasteiger charge is -2.09. The predicted molar refractivity (Wildman–Crippen MR) is 71.7 cm³/mol. The van der Waals surface area contributed by atoms with Gasteiger partial charge in [-0.15, -0.1) is 0 Å². The van der Waals surface area contributed by atoms with Crippen LogP contribution in [0.25, 0.3) is 0 Å². The highest BCUT2D eigenvalue weighted by Gasteiger charge is 2.06. The van der Waals surface area contributed by atoms with E-state index in [-0.39, 0.29) is 11.6 Å². The molecule has 2 rings (SSSR count).